The van der Waals surface area contributed by atoms with Gasteiger partial charge in [0.25, 0.3) is 0 Å². The van der Waals surface area contributed by atoms with E-state index in [0.717, 1.165) is 11.1 Å². The monoisotopic (exact) mass is 496 g/mol. The van der Waals surface area contributed by atoms with Gasteiger partial charge < -0.3 is 5.32 Å². The highest BCUT2D eigenvalue weighted by Crippen LogP contribution is 2.27. The minimum Gasteiger partial charge on any atom is -0.349 e. The summed E-state index contributed by atoms with van der Waals surface area (Å²) in [6.45, 7) is 8.84. The second-order valence-electron chi connectivity index (χ2n) is 8.69. The molecule has 174 valence electrons. The third kappa shape index (κ3) is 5.84. The predicted molar refractivity (Wildman–Crippen MR) is 131 cm³/mol. The molecule has 2 aromatic carbocycles. The highest BCUT2D eigenvalue weighted by Gasteiger charge is 2.32. The molecule has 3 rings (SSSR count). The van der Waals surface area contributed by atoms with Crippen molar-refractivity contribution in [3.8, 4) is 0 Å². The lowest BCUT2D eigenvalue weighted by Crippen LogP contribution is -2.43. The van der Waals surface area contributed by atoms with Gasteiger partial charge in [0.1, 0.15) is 0 Å². The third-order valence-corrected chi connectivity index (χ3v) is 8.69. The second-order valence-corrected chi connectivity index (χ2v) is 11.5. The summed E-state index contributed by atoms with van der Waals surface area (Å²) in [5.41, 5.74) is 5.22. The van der Waals surface area contributed by atoms with Gasteiger partial charge in [0.2, 0.25) is 15.9 Å². The van der Waals surface area contributed by atoms with Crippen LogP contribution in [0.3, 0.4) is 0 Å². The highest BCUT2D eigenvalue weighted by molar-refractivity contribution is 7.88. The Morgan fingerprint density at radius 2 is 1.69 bits per heavy atom. The van der Waals surface area contributed by atoms with Crippen molar-refractivity contribution in [2.45, 2.75) is 52.3 Å². The van der Waals surface area contributed by atoms with Crippen molar-refractivity contribution < 1.29 is 13.2 Å². The van der Waals surface area contributed by atoms with Gasteiger partial charge in [-0.2, -0.15) is 0 Å². The molecule has 1 N–H and O–H groups in total. The first-order valence-electron chi connectivity index (χ1n) is 10.8. The highest BCUT2D eigenvalue weighted by atomic mass is 35.5. The molecule has 1 atom stereocenters. The number of carbonyl (C=O) groups excluding carboxylic acids is 1. The fourth-order valence-corrected chi connectivity index (χ4v) is 6.33. The molecule has 0 bridgehead atoms. The Morgan fingerprint density at radius 1 is 1.06 bits per heavy atom. The summed E-state index contributed by atoms with van der Waals surface area (Å²) in [5.74, 6) is -0.397. The lowest BCUT2D eigenvalue weighted by Gasteiger charge is -2.31. The van der Waals surface area contributed by atoms with Gasteiger partial charge in [-0.25, -0.2) is 12.7 Å². The van der Waals surface area contributed by atoms with Crippen LogP contribution in [0.4, 0.5) is 0 Å². The summed E-state index contributed by atoms with van der Waals surface area (Å²) in [5, 5.41) is 3.93. The van der Waals surface area contributed by atoms with Crippen molar-refractivity contribution in [2.24, 2.45) is 5.92 Å². The summed E-state index contributed by atoms with van der Waals surface area (Å²) in [6.07, 6.45) is 0.996. The van der Waals surface area contributed by atoms with Crippen LogP contribution in [0.1, 0.15) is 53.6 Å². The van der Waals surface area contributed by atoms with Crippen LogP contribution in [0, 0.1) is 26.7 Å². The number of amides is 1. The van der Waals surface area contributed by atoms with E-state index in [-0.39, 0.29) is 23.6 Å². The van der Waals surface area contributed by atoms with E-state index in [0.29, 0.717) is 41.5 Å². The minimum atomic E-state index is -3.53. The maximum Gasteiger partial charge on any atom is 0.223 e. The van der Waals surface area contributed by atoms with Crippen molar-refractivity contribution in [1.29, 1.82) is 0 Å². The number of nitrogens with one attached hydrogen (secondary N) is 1. The molecule has 1 saturated heterocycles. The Hall–Kier alpha value is -1.60. The Balaban J connectivity index is 1.59. The number of aryl methyl sites for hydroxylation is 3. The van der Waals surface area contributed by atoms with Gasteiger partial charge >= 0.3 is 0 Å². The second kappa shape index (κ2) is 10.1. The van der Waals surface area contributed by atoms with Gasteiger partial charge in [0.05, 0.1) is 11.8 Å². The van der Waals surface area contributed by atoms with Crippen LogP contribution in [-0.2, 0) is 20.6 Å². The fraction of sp³-hybridized carbons (Fsp3) is 0.458. The minimum absolute atomic E-state index is 0.0204. The maximum atomic E-state index is 12.9. The first-order chi connectivity index (χ1) is 15.0. The van der Waals surface area contributed by atoms with Crippen LogP contribution in [0.2, 0.25) is 10.0 Å². The molecule has 8 heteroatoms. The SMILES string of the molecule is Cc1cc(C)c([C@H](C)NC(=O)C2CCN(S(=O)(=O)Cc3ccc(Cl)cc3Cl)CC2)cc1C. The van der Waals surface area contributed by atoms with Gasteiger partial charge in [-0.1, -0.05) is 41.4 Å². The Labute approximate surface area is 201 Å². The summed E-state index contributed by atoms with van der Waals surface area (Å²) in [7, 11) is -3.53. The zero-order valence-electron chi connectivity index (χ0n) is 18.9. The van der Waals surface area contributed by atoms with Gasteiger partial charge in [-0.05, 0) is 80.5 Å². The Bertz CT molecular complexity index is 1110. The largest absolute Gasteiger partial charge is 0.349 e. The maximum absolute atomic E-state index is 12.9. The van der Waals surface area contributed by atoms with Crippen LogP contribution in [0.25, 0.3) is 0 Å². The van der Waals surface area contributed by atoms with E-state index in [4.69, 9.17) is 23.2 Å². The molecule has 0 unspecified atom stereocenters. The van der Waals surface area contributed by atoms with E-state index in [1.807, 2.05) is 6.92 Å². The first kappa shape index (κ1) is 25.0. The van der Waals surface area contributed by atoms with E-state index in [2.05, 4.69) is 38.2 Å². The average Bonchev–Trinajstić information content (AvgIpc) is 2.72. The van der Waals surface area contributed by atoms with Crippen LogP contribution >= 0.6 is 23.2 Å². The van der Waals surface area contributed by atoms with Gasteiger partial charge in [0, 0.05) is 29.1 Å². The molecule has 2 aromatic rings. The molecule has 1 aliphatic heterocycles. The fourth-order valence-electron chi connectivity index (χ4n) is 4.18. The average molecular weight is 497 g/mol. The van der Waals surface area contributed by atoms with Crippen molar-refractivity contribution >= 4 is 39.1 Å². The number of carbonyl (C=O) groups is 1. The molecule has 1 fully saturated rings. The van der Waals surface area contributed by atoms with Crippen molar-refractivity contribution in [3.05, 3.63) is 68.2 Å². The molecule has 0 spiro atoms. The number of piperidine rings is 1. The quantitative estimate of drug-likeness (QED) is 0.586. The molecule has 0 radical (unpaired) electrons. The van der Waals surface area contributed by atoms with E-state index in [1.54, 1.807) is 18.2 Å². The number of hydrogen-bond donors (Lipinski definition) is 1. The smallest absolute Gasteiger partial charge is 0.223 e. The number of rotatable bonds is 6. The summed E-state index contributed by atoms with van der Waals surface area (Å²) in [4.78, 5) is 12.9. The van der Waals surface area contributed by atoms with E-state index in [1.165, 1.54) is 15.4 Å². The molecule has 0 aliphatic carbocycles. The van der Waals surface area contributed by atoms with Gasteiger partial charge in [0.15, 0.2) is 0 Å². The van der Waals surface area contributed by atoms with Crippen molar-refractivity contribution in [3.63, 3.8) is 0 Å². The Morgan fingerprint density at radius 3 is 2.31 bits per heavy atom. The number of nitrogens with zero attached hydrogens (tertiary/aromatic N) is 1. The number of sulfonamides is 1. The van der Waals surface area contributed by atoms with E-state index in [9.17, 15) is 13.2 Å². The van der Waals surface area contributed by atoms with Crippen LogP contribution in [0.15, 0.2) is 30.3 Å². The van der Waals surface area contributed by atoms with Crippen molar-refractivity contribution in [1.82, 2.24) is 9.62 Å². The van der Waals surface area contributed by atoms with E-state index < -0.39 is 10.0 Å². The molecule has 1 amide bonds. The molecule has 32 heavy (non-hydrogen) atoms. The van der Waals surface area contributed by atoms with Crippen LogP contribution < -0.4 is 5.32 Å². The molecular formula is C24H30Cl2N2O3S. The van der Waals surface area contributed by atoms with Crippen LogP contribution in [0.5, 0.6) is 0 Å². The topological polar surface area (TPSA) is 66.5 Å². The number of hydrogen-bond acceptors (Lipinski definition) is 3. The Kier molecular flexibility index (Phi) is 7.92. The van der Waals surface area contributed by atoms with Crippen LogP contribution in [-0.4, -0.2) is 31.7 Å². The molecule has 0 aromatic heterocycles. The first-order valence-corrected chi connectivity index (χ1v) is 13.1. The standard InChI is InChI=1S/C24H30Cl2N2O3S/c1-15-11-17(3)22(12-16(15)2)18(4)27-24(29)19-7-9-28(10-8-19)32(30,31)14-20-5-6-21(25)13-23(20)26/h5-6,11-13,18-19H,7-10,14H2,1-4H3,(H,27,29)/t18-/m0/s1. The summed E-state index contributed by atoms with van der Waals surface area (Å²) >= 11 is 12.0. The van der Waals surface area contributed by atoms with E-state index >= 15 is 0 Å². The molecule has 1 aliphatic rings. The zero-order chi connectivity index (χ0) is 23.6. The lowest BCUT2D eigenvalue weighted by atomic mass is 9.94. The molecular weight excluding hydrogens is 467 g/mol. The molecule has 0 saturated carbocycles. The zero-order valence-corrected chi connectivity index (χ0v) is 21.2. The van der Waals surface area contributed by atoms with Crippen molar-refractivity contribution in [2.75, 3.05) is 13.1 Å². The summed E-state index contributed by atoms with van der Waals surface area (Å²) < 4.78 is 27.2. The predicted octanol–water partition coefficient (Wildman–Crippen LogP) is 5.34. The van der Waals surface area contributed by atoms with Gasteiger partial charge in [-0.3, -0.25) is 4.79 Å². The normalized spacial score (nSPS) is 16.7. The van der Waals surface area contributed by atoms with Gasteiger partial charge in [-0.15, -0.1) is 0 Å². The molecule has 5 nitrogen and oxygen atoms in total. The third-order valence-electron chi connectivity index (χ3n) is 6.28. The lowest BCUT2D eigenvalue weighted by molar-refractivity contribution is -0.126. The molecule has 1 heterocycles. The number of benzene rings is 2. The summed E-state index contributed by atoms with van der Waals surface area (Å²) in [6, 6.07) is 8.99. The number of halogens is 2.